The first kappa shape index (κ1) is 16.8. The van der Waals surface area contributed by atoms with Gasteiger partial charge in [0.25, 0.3) is 0 Å². The summed E-state index contributed by atoms with van der Waals surface area (Å²) in [4.78, 5) is 12.1. The number of benzene rings is 1. The Bertz CT molecular complexity index is 639. The van der Waals surface area contributed by atoms with Crippen molar-refractivity contribution in [1.29, 1.82) is 0 Å². The molecule has 0 radical (unpaired) electrons. The summed E-state index contributed by atoms with van der Waals surface area (Å²) >= 11 is 7.95. The van der Waals surface area contributed by atoms with Crippen molar-refractivity contribution in [3.05, 3.63) is 50.9 Å². The number of nitrogens with one attached hydrogen (secondary N) is 1. The van der Waals surface area contributed by atoms with E-state index < -0.39 is 0 Å². The largest absolute Gasteiger partial charge is 0.350 e. The van der Waals surface area contributed by atoms with Gasteiger partial charge in [-0.1, -0.05) is 36.7 Å². The molecule has 0 bridgehead atoms. The minimum Gasteiger partial charge on any atom is -0.350 e. The predicted octanol–water partition coefficient (Wildman–Crippen LogP) is 3.57. The second kappa shape index (κ2) is 8.15. The lowest BCUT2D eigenvalue weighted by atomic mass is 10.2. The number of nitrogens with zero attached hydrogens (tertiary/aromatic N) is 3. The van der Waals surface area contributed by atoms with Crippen LogP contribution in [-0.4, -0.2) is 29.9 Å². The van der Waals surface area contributed by atoms with Crippen LogP contribution in [-0.2, 0) is 19.5 Å². The normalized spacial score (nSPS) is 11.5. The predicted molar refractivity (Wildman–Crippen MR) is 94.6 cm³/mol. The van der Waals surface area contributed by atoms with Crippen LogP contribution in [0.2, 0.25) is 5.02 Å². The minimum absolute atomic E-state index is 0.685. The molecule has 1 aromatic carbocycles. The molecule has 22 heavy (non-hydrogen) atoms. The van der Waals surface area contributed by atoms with Crippen LogP contribution in [0, 0.1) is 0 Å². The summed E-state index contributed by atoms with van der Waals surface area (Å²) < 4.78 is 0. The average molecular weight is 337 g/mol. The van der Waals surface area contributed by atoms with E-state index in [1.807, 2.05) is 37.5 Å². The second-order valence-corrected chi connectivity index (χ2v) is 6.53. The van der Waals surface area contributed by atoms with Crippen molar-refractivity contribution in [2.24, 2.45) is 4.99 Å². The van der Waals surface area contributed by atoms with Gasteiger partial charge in [-0.3, -0.25) is 4.99 Å². The molecule has 0 aliphatic carbocycles. The lowest BCUT2D eigenvalue weighted by Crippen LogP contribution is -2.38. The smallest absolute Gasteiger partial charge is 0.194 e. The van der Waals surface area contributed by atoms with Gasteiger partial charge in [0.05, 0.1) is 6.54 Å². The summed E-state index contributed by atoms with van der Waals surface area (Å²) in [5.74, 6) is 0.827. The van der Waals surface area contributed by atoms with Crippen molar-refractivity contribution in [3.63, 3.8) is 0 Å². The van der Waals surface area contributed by atoms with Gasteiger partial charge in [0.1, 0.15) is 5.01 Å². The van der Waals surface area contributed by atoms with E-state index in [4.69, 9.17) is 11.6 Å². The van der Waals surface area contributed by atoms with Gasteiger partial charge in [0.2, 0.25) is 0 Å². The van der Waals surface area contributed by atoms with Gasteiger partial charge in [-0.15, -0.1) is 11.3 Å². The summed E-state index contributed by atoms with van der Waals surface area (Å²) in [5.41, 5.74) is 1.08. The maximum absolute atomic E-state index is 6.21. The van der Waals surface area contributed by atoms with Gasteiger partial charge >= 0.3 is 0 Å². The Balaban J connectivity index is 1.94. The molecule has 4 nitrogen and oxygen atoms in total. The lowest BCUT2D eigenvalue weighted by Gasteiger charge is -2.22. The number of thiazole rings is 1. The van der Waals surface area contributed by atoms with E-state index in [0.717, 1.165) is 28.0 Å². The van der Waals surface area contributed by atoms with Crippen molar-refractivity contribution < 1.29 is 0 Å². The van der Waals surface area contributed by atoms with E-state index in [-0.39, 0.29) is 0 Å². The molecule has 0 spiro atoms. The third kappa shape index (κ3) is 4.45. The molecule has 6 heteroatoms. The molecule has 0 aliphatic rings. The van der Waals surface area contributed by atoms with Crippen LogP contribution < -0.4 is 5.32 Å². The molecule has 1 aromatic heterocycles. The standard InChI is InChI=1S/C16H21ClN4S/c1-4-13-9-19-15(22-13)10-20-16(18-2)21(3)11-12-7-5-6-8-14(12)17/h5-9H,4,10-11H2,1-3H3,(H,18,20). The molecule has 118 valence electrons. The molecule has 0 saturated heterocycles. The highest BCUT2D eigenvalue weighted by molar-refractivity contribution is 7.11. The quantitative estimate of drug-likeness (QED) is 0.670. The van der Waals surface area contributed by atoms with Crippen LogP contribution in [0.15, 0.2) is 35.5 Å². The van der Waals surface area contributed by atoms with E-state index in [1.165, 1.54) is 4.88 Å². The van der Waals surface area contributed by atoms with Crippen LogP contribution in [0.4, 0.5) is 0 Å². The number of guanidine groups is 1. The van der Waals surface area contributed by atoms with Crippen LogP contribution in [0.5, 0.6) is 0 Å². The van der Waals surface area contributed by atoms with Gasteiger partial charge in [0, 0.05) is 36.7 Å². The van der Waals surface area contributed by atoms with E-state index in [0.29, 0.717) is 13.1 Å². The van der Waals surface area contributed by atoms with E-state index in [1.54, 1.807) is 18.4 Å². The molecular weight excluding hydrogens is 316 g/mol. The van der Waals surface area contributed by atoms with E-state index in [9.17, 15) is 0 Å². The zero-order valence-electron chi connectivity index (χ0n) is 13.1. The summed E-state index contributed by atoms with van der Waals surface area (Å²) in [6.07, 6.45) is 2.97. The van der Waals surface area contributed by atoms with E-state index in [2.05, 4.69) is 27.1 Å². The molecule has 0 fully saturated rings. The van der Waals surface area contributed by atoms with Crippen molar-refractivity contribution in [3.8, 4) is 0 Å². The Morgan fingerprint density at radius 1 is 1.41 bits per heavy atom. The number of aliphatic imine (C=N–C) groups is 1. The van der Waals surface area contributed by atoms with Crippen LogP contribution in [0.3, 0.4) is 0 Å². The zero-order chi connectivity index (χ0) is 15.9. The average Bonchev–Trinajstić information content (AvgIpc) is 2.98. The SMILES string of the molecule is CCc1cnc(CNC(=NC)N(C)Cc2ccccc2Cl)s1. The number of hydrogen-bond donors (Lipinski definition) is 1. The lowest BCUT2D eigenvalue weighted by molar-refractivity contribution is 0.476. The fraction of sp³-hybridized carbons (Fsp3) is 0.375. The Labute approximate surface area is 140 Å². The molecule has 1 N–H and O–H groups in total. The molecule has 2 rings (SSSR count). The molecule has 0 amide bonds. The van der Waals surface area contributed by atoms with Gasteiger partial charge in [-0.25, -0.2) is 4.98 Å². The third-order valence-electron chi connectivity index (χ3n) is 3.29. The topological polar surface area (TPSA) is 40.5 Å². The monoisotopic (exact) mass is 336 g/mol. The van der Waals surface area contributed by atoms with Crippen molar-refractivity contribution >= 4 is 28.9 Å². The number of halogens is 1. The summed E-state index contributed by atoms with van der Waals surface area (Å²) in [7, 11) is 3.78. The highest BCUT2D eigenvalue weighted by Gasteiger charge is 2.09. The minimum atomic E-state index is 0.685. The first-order chi connectivity index (χ1) is 10.6. The maximum Gasteiger partial charge on any atom is 0.194 e. The Morgan fingerprint density at radius 2 is 2.18 bits per heavy atom. The Morgan fingerprint density at radius 3 is 2.82 bits per heavy atom. The summed E-state index contributed by atoms with van der Waals surface area (Å²) in [5, 5.41) is 5.19. The Hall–Kier alpha value is -1.59. The van der Waals surface area contributed by atoms with Gasteiger partial charge in [0.15, 0.2) is 5.96 Å². The molecule has 0 saturated carbocycles. The van der Waals surface area contributed by atoms with Crippen LogP contribution >= 0.6 is 22.9 Å². The van der Waals surface area contributed by atoms with Gasteiger partial charge < -0.3 is 10.2 Å². The van der Waals surface area contributed by atoms with Crippen molar-refractivity contribution in [2.75, 3.05) is 14.1 Å². The molecule has 1 heterocycles. The zero-order valence-corrected chi connectivity index (χ0v) is 14.7. The third-order valence-corrected chi connectivity index (χ3v) is 4.80. The van der Waals surface area contributed by atoms with Crippen LogP contribution in [0.1, 0.15) is 22.4 Å². The van der Waals surface area contributed by atoms with Gasteiger partial charge in [-0.05, 0) is 18.1 Å². The molecule has 0 unspecified atom stereocenters. The number of aromatic nitrogens is 1. The van der Waals surface area contributed by atoms with E-state index >= 15 is 0 Å². The first-order valence-electron chi connectivity index (χ1n) is 7.22. The molecule has 0 aliphatic heterocycles. The highest BCUT2D eigenvalue weighted by atomic mass is 35.5. The molecule has 0 atom stereocenters. The molecule has 2 aromatic rings. The van der Waals surface area contributed by atoms with Crippen LogP contribution in [0.25, 0.3) is 0 Å². The van der Waals surface area contributed by atoms with Gasteiger partial charge in [-0.2, -0.15) is 0 Å². The summed E-state index contributed by atoms with van der Waals surface area (Å²) in [6.45, 7) is 3.53. The maximum atomic E-state index is 6.21. The summed E-state index contributed by atoms with van der Waals surface area (Å²) in [6, 6.07) is 7.86. The highest BCUT2D eigenvalue weighted by Crippen LogP contribution is 2.17. The number of aryl methyl sites for hydroxylation is 1. The fourth-order valence-corrected chi connectivity index (χ4v) is 3.09. The Kier molecular flexibility index (Phi) is 6.21. The van der Waals surface area contributed by atoms with Crippen molar-refractivity contribution in [2.45, 2.75) is 26.4 Å². The second-order valence-electron chi connectivity index (χ2n) is 4.92. The number of rotatable bonds is 5. The number of hydrogen-bond acceptors (Lipinski definition) is 3. The molecular formula is C16H21ClN4S. The van der Waals surface area contributed by atoms with Crippen molar-refractivity contribution in [1.82, 2.24) is 15.2 Å². The fourth-order valence-electron chi connectivity index (χ4n) is 2.09. The first-order valence-corrected chi connectivity index (χ1v) is 8.42.